The first-order valence-electron chi connectivity index (χ1n) is 16.5. The summed E-state index contributed by atoms with van der Waals surface area (Å²) in [5.74, 6) is -4.89. The van der Waals surface area contributed by atoms with Crippen LogP contribution in [0, 0.1) is 55.4 Å². The smallest absolute Gasteiger partial charge is 0.356 e. The fourth-order valence-electron chi connectivity index (χ4n) is 6.51. The second-order valence-electron chi connectivity index (χ2n) is 13.0. The minimum absolute atomic E-state index is 0.00625. The summed E-state index contributed by atoms with van der Waals surface area (Å²) < 4.78 is 22.7. The molecule has 0 heterocycles. The summed E-state index contributed by atoms with van der Waals surface area (Å²) in [7, 11) is 1.21. The number of allylic oxidation sites excluding steroid dienone is 2. The van der Waals surface area contributed by atoms with Crippen molar-refractivity contribution in [3.05, 3.63) is 101 Å². The van der Waals surface area contributed by atoms with Crippen molar-refractivity contribution in [3.63, 3.8) is 0 Å². The van der Waals surface area contributed by atoms with Gasteiger partial charge in [-0.05, 0) is 141 Å². The summed E-state index contributed by atoms with van der Waals surface area (Å²) >= 11 is 3.43. The van der Waals surface area contributed by atoms with Crippen LogP contribution < -0.4 is 14.2 Å². The van der Waals surface area contributed by atoms with Crippen molar-refractivity contribution in [2.24, 2.45) is 0 Å². The summed E-state index contributed by atoms with van der Waals surface area (Å²) in [5, 5.41) is 32.3. The van der Waals surface area contributed by atoms with Gasteiger partial charge in [0.05, 0.1) is 18.2 Å². The maximum atomic E-state index is 13.8. The third-order valence-corrected chi connectivity index (χ3v) is 10.9. The molecular formula is C40H41BrO12. The highest BCUT2D eigenvalue weighted by molar-refractivity contribution is 9.10. The molecule has 1 aliphatic rings. The Bertz CT molecular complexity index is 2180. The van der Waals surface area contributed by atoms with Gasteiger partial charge >= 0.3 is 23.9 Å². The van der Waals surface area contributed by atoms with Crippen LogP contribution in [-0.2, 0) is 20.7 Å². The Morgan fingerprint density at radius 3 is 1.87 bits per heavy atom. The van der Waals surface area contributed by atoms with E-state index in [2.05, 4.69) is 15.9 Å². The van der Waals surface area contributed by atoms with E-state index in [1.807, 2.05) is 6.92 Å². The predicted molar refractivity (Wildman–Crippen MR) is 197 cm³/mol. The van der Waals surface area contributed by atoms with Crippen LogP contribution in [0.2, 0.25) is 0 Å². The van der Waals surface area contributed by atoms with E-state index in [1.54, 1.807) is 48.5 Å². The van der Waals surface area contributed by atoms with E-state index < -0.39 is 41.0 Å². The molecule has 12 nitrogen and oxygen atoms in total. The molecule has 13 heteroatoms. The Morgan fingerprint density at radius 2 is 1.30 bits per heavy atom. The van der Waals surface area contributed by atoms with Crippen molar-refractivity contribution in [1.82, 2.24) is 0 Å². The number of phenols is 1. The van der Waals surface area contributed by atoms with Crippen LogP contribution in [0.3, 0.4) is 0 Å². The van der Waals surface area contributed by atoms with E-state index in [1.165, 1.54) is 27.0 Å². The molecule has 0 amide bonds. The van der Waals surface area contributed by atoms with Crippen LogP contribution >= 0.6 is 15.9 Å². The maximum absolute atomic E-state index is 13.8. The molecule has 0 saturated heterocycles. The summed E-state index contributed by atoms with van der Waals surface area (Å²) in [4.78, 5) is 64.7. The van der Waals surface area contributed by atoms with E-state index in [4.69, 9.17) is 18.9 Å². The Kier molecular flexibility index (Phi) is 11.5. The van der Waals surface area contributed by atoms with Gasteiger partial charge in [-0.15, -0.1) is 0 Å². The average molecular weight is 794 g/mol. The fraction of sp³-hybridized carbons (Fsp3) is 0.325. The molecular weight excluding hydrogens is 752 g/mol. The molecule has 0 fully saturated rings. The molecule has 0 bridgehead atoms. The molecule has 3 N–H and O–H groups in total. The van der Waals surface area contributed by atoms with E-state index in [9.17, 15) is 39.3 Å². The normalized spacial score (nSPS) is 15.4. The molecule has 280 valence electrons. The van der Waals surface area contributed by atoms with E-state index in [-0.39, 0.29) is 60.9 Å². The molecule has 1 aliphatic carbocycles. The van der Waals surface area contributed by atoms with Crippen LogP contribution in [0.15, 0.2) is 34.0 Å². The molecule has 53 heavy (non-hydrogen) atoms. The van der Waals surface area contributed by atoms with Gasteiger partial charge in [0, 0.05) is 21.7 Å². The number of hydrogen-bond donors (Lipinski definition) is 3. The Morgan fingerprint density at radius 1 is 0.736 bits per heavy atom. The molecule has 0 spiro atoms. The fourth-order valence-corrected chi connectivity index (χ4v) is 7.15. The molecule has 3 aromatic carbocycles. The number of aromatic carboxylic acids is 1. The highest BCUT2D eigenvalue weighted by Gasteiger charge is 2.48. The van der Waals surface area contributed by atoms with Gasteiger partial charge in [0.2, 0.25) is 5.60 Å². The zero-order valence-electron chi connectivity index (χ0n) is 31.3. The number of carboxylic acids is 1. The zero-order chi connectivity index (χ0) is 40.0. The molecule has 1 atom stereocenters. The zero-order valence-corrected chi connectivity index (χ0v) is 32.9. The molecule has 0 aromatic heterocycles. The Hall–Kier alpha value is -5.27. The number of aryl methyl sites for hydroxylation is 1. The number of halogens is 1. The van der Waals surface area contributed by atoms with Gasteiger partial charge in [0.15, 0.2) is 5.78 Å². The lowest BCUT2D eigenvalue weighted by Gasteiger charge is -2.31. The molecule has 0 saturated carbocycles. The molecule has 4 rings (SSSR count). The average Bonchev–Trinajstić information content (AvgIpc) is 3.08. The van der Waals surface area contributed by atoms with Crippen molar-refractivity contribution < 1.29 is 58.2 Å². The van der Waals surface area contributed by atoms with Gasteiger partial charge in [-0.25, -0.2) is 19.2 Å². The number of carbonyl (C=O) groups is 5. The summed E-state index contributed by atoms with van der Waals surface area (Å²) in [5.41, 5.74) is 1.08. The van der Waals surface area contributed by atoms with Crippen LogP contribution in [-0.4, -0.2) is 57.7 Å². The first-order valence-corrected chi connectivity index (χ1v) is 17.3. The van der Waals surface area contributed by atoms with Gasteiger partial charge in [0.25, 0.3) is 0 Å². The minimum atomic E-state index is -2.37. The number of phenolic OH excluding ortho intramolecular Hbond substituents is 1. The van der Waals surface area contributed by atoms with Crippen LogP contribution in [0.4, 0.5) is 0 Å². The second kappa shape index (κ2) is 15.0. The van der Waals surface area contributed by atoms with Crippen molar-refractivity contribution >= 4 is 45.6 Å². The number of ether oxygens (including phenoxy) is 4. The van der Waals surface area contributed by atoms with Crippen molar-refractivity contribution in [3.8, 4) is 23.0 Å². The largest absolute Gasteiger partial charge is 0.507 e. The third kappa shape index (κ3) is 6.86. The summed E-state index contributed by atoms with van der Waals surface area (Å²) in [6.07, 6.45) is 2.49. The lowest BCUT2D eigenvalue weighted by atomic mass is 9.87. The Balaban J connectivity index is 1.67. The SMILES string of the molecule is CCc1c(C)c(C(=O)O)c(C)c(C)c1OC(=O)c1c(C)cc(OC(=O)c2c(C)c(C)c(OC(=O)[C@@]3(O)C(C)=CC(=O)C=C3OC)c(C)c2Br)c(C)c1O. The Labute approximate surface area is 315 Å². The summed E-state index contributed by atoms with van der Waals surface area (Å²) in [6.45, 7) is 16.0. The number of benzene rings is 3. The maximum Gasteiger partial charge on any atom is 0.356 e. The highest BCUT2D eigenvalue weighted by atomic mass is 79.9. The number of methoxy groups -OCH3 is 1. The van der Waals surface area contributed by atoms with Gasteiger partial charge in [-0.2, -0.15) is 0 Å². The number of rotatable bonds is 9. The number of ketones is 1. The number of esters is 3. The molecule has 3 aromatic rings. The van der Waals surface area contributed by atoms with E-state index in [0.29, 0.717) is 45.4 Å². The lowest BCUT2D eigenvalue weighted by Crippen LogP contribution is -2.47. The van der Waals surface area contributed by atoms with Gasteiger partial charge in [-0.1, -0.05) is 6.92 Å². The number of aromatic hydroxyl groups is 1. The van der Waals surface area contributed by atoms with Gasteiger partial charge < -0.3 is 34.3 Å². The van der Waals surface area contributed by atoms with Crippen LogP contribution in [0.1, 0.15) is 95.0 Å². The van der Waals surface area contributed by atoms with Crippen molar-refractivity contribution in [2.75, 3.05) is 7.11 Å². The monoisotopic (exact) mass is 792 g/mol. The molecule has 0 aliphatic heterocycles. The first-order chi connectivity index (χ1) is 24.6. The van der Waals surface area contributed by atoms with Gasteiger partial charge in [0.1, 0.15) is 34.3 Å². The summed E-state index contributed by atoms with van der Waals surface area (Å²) in [6, 6.07) is 1.42. The van der Waals surface area contributed by atoms with Gasteiger partial charge in [-0.3, -0.25) is 4.79 Å². The number of carboxylic acid groups (broad SMARTS) is 1. The van der Waals surface area contributed by atoms with Crippen molar-refractivity contribution in [2.45, 2.75) is 81.3 Å². The standard InChI is InChI=1S/C40H41BrO12/c1-12-26-22(8)30(36(44)45)18(4)21(7)35(26)52-37(46)29-16(2)13-27(23(9)33(29)43)51-38(47)31-19(5)20(6)34(24(10)32(31)41)53-39(48)40(49)17(3)14-25(42)15-28(40)50-11/h13-15,43,49H,12H2,1-11H3,(H,44,45)/t40-/m1/s1. The predicted octanol–water partition coefficient (Wildman–Crippen LogP) is 7.02. The lowest BCUT2D eigenvalue weighted by molar-refractivity contribution is -0.151. The number of aliphatic hydroxyl groups is 1. The number of hydrogen-bond acceptors (Lipinski definition) is 11. The van der Waals surface area contributed by atoms with E-state index in [0.717, 1.165) is 12.2 Å². The van der Waals surface area contributed by atoms with E-state index >= 15 is 0 Å². The number of carbonyl (C=O) groups excluding carboxylic acids is 4. The van der Waals surface area contributed by atoms with Crippen molar-refractivity contribution in [1.29, 1.82) is 0 Å². The highest BCUT2D eigenvalue weighted by Crippen LogP contribution is 2.41. The van der Waals surface area contributed by atoms with Crippen LogP contribution in [0.5, 0.6) is 23.0 Å². The topological polar surface area (TPSA) is 183 Å². The second-order valence-corrected chi connectivity index (χ2v) is 13.8. The first kappa shape index (κ1) is 40.5. The van der Waals surface area contributed by atoms with Crippen LogP contribution in [0.25, 0.3) is 0 Å². The quantitative estimate of drug-likeness (QED) is 0.149. The molecule has 0 unspecified atom stereocenters. The minimum Gasteiger partial charge on any atom is -0.507 e. The third-order valence-electron chi connectivity index (χ3n) is 9.89. The molecule has 0 radical (unpaired) electrons.